The molecular formula is C14H14F5NO. The summed E-state index contributed by atoms with van der Waals surface area (Å²) in [6, 6.07) is 3.03. The van der Waals surface area contributed by atoms with Gasteiger partial charge in [0.2, 0.25) is 0 Å². The molecule has 116 valence electrons. The van der Waals surface area contributed by atoms with Gasteiger partial charge >= 0.3 is 6.18 Å². The van der Waals surface area contributed by atoms with Gasteiger partial charge in [-0.15, -0.1) is 0 Å². The van der Waals surface area contributed by atoms with Crippen molar-refractivity contribution in [3.63, 3.8) is 0 Å². The Kier molecular flexibility index (Phi) is 4.61. The third-order valence-corrected chi connectivity index (χ3v) is 3.58. The van der Waals surface area contributed by atoms with Crippen LogP contribution in [-0.4, -0.2) is 36.5 Å². The van der Waals surface area contributed by atoms with Crippen LogP contribution in [0.2, 0.25) is 0 Å². The molecule has 0 aliphatic carbocycles. The van der Waals surface area contributed by atoms with Crippen LogP contribution in [0.25, 0.3) is 0 Å². The number of likely N-dealkylation sites (tertiary alicyclic amines) is 1. The molecule has 2 nitrogen and oxygen atoms in total. The molecular weight excluding hydrogens is 293 g/mol. The van der Waals surface area contributed by atoms with E-state index in [1.165, 1.54) is 4.90 Å². The van der Waals surface area contributed by atoms with Crippen LogP contribution in [0.5, 0.6) is 0 Å². The van der Waals surface area contributed by atoms with Crippen molar-refractivity contribution in [2.24, 2.45) is 5.92 Å². The van der Waals surface area contributed by atoms with Crippen LogP contribution in [0, 0.1) is 17.6 Å². The zero-order valence-electron chi connectivity index (χ0n) is 11.1. The van der Waals surface area contributed by atoms with Crippen LogP contribution in [-0.2, 0) is 0 Å². The Balaban J connectivity index is 2.06. The van der Waals surface area contributed by atoms with Gasteiger partial charge in [-0.25, -0.2) is 8.78 Å². The molecule has 1 saturated heterocycles. The SMILES string of the molecule is O=C(CN1CCCC(C(F)(F)F)C1)c1c(F)cccc1F. The van der Waals surface area contributed by atoms with Crippen molar-refractivity contribution in [2.75, 3.05) is 19.6 Å². The van der Waals surface area contributed by atoms with Crippen molar-refractivity contribution >= 4 is 5.78 Å². The number of alkyl halides is 3. The van der Waals surface area contributed by atoms with E-state index in [9.17, 15) is 26.7 Å². The van der Waals surface area contributed by atoms with Gasteiger partial charge < -0.3 is 0 Å². The highest BCUT2D eigenvalue weighted by atomic mass is 19.4. The number of ketones is 1. The van der Waals surface area contributed by atoms with E-state index in [0.717, 1.165) is 18.2 Å². The average Bonchev–Trinajstić information content (AvgIpc) is 2.37. The van der Waals surface area contributed by atoms with Crippen LogP contribution in [0.15, 0.2) is 18.2 Å². The molecule has 0 bridgehead atoms. The van der Waals surface area contributed by atoms with Crippen LogP contribution < -0.4 is 0 Å². The molecule has 0 aromatic heterocycles. The number of piperidine rings is 1. The van der Waals surface area contributed by atoms with Crippen LogP contribution in [0.4, 0.5) is 22.0 Å². The minimum Gasteiger partial charge on any atom is -0.295 e. The quantitative estimate of drug-likeness (QED) is 0.630. The summed E-state index contributed by atoms with van der Waals surface area (Å²) in [5.74, 6) is -4.33. The molecule has 0 saturated carbocycles. The van der Waals surface area contributed by atoms with E-state index >= 15 is 0 Å². The van der Waals surface area contributed by atoms with Gasteiger partial charge in [0.05, 0.1) is 18.0 Å². The highest BCUT2D eigenvalue weighted by molar-refractivity contribution is 5.98. The van der Waals surface area contributed by atoms with Gasteiger partial charge in [0.1, 0.15) is 11.6 Å². The van der Waals surface area contributed by atoms with E-state index in [1.54, 1.807) is 0 Å². The molecule has 1 aromatic carbocycles. The van der Waals surface area contributed by atoms with Gasteiger partial charge in [-0.2, -0.15) is 13.2 Å². The maximum absolute atomic E-state index is 13.5. The zero-order chi connectivity index (χ0) is 15.6. The first kappa shape index (κ1) is 15.9. The summed E-state index contributed by atoms with van der Waals surface area (Å²) in [6.45, 7) is -0.413. The molecule has 1 unspecified atom stereocenters. The van der Waals surface area contributed by atoms with Crippen molar-refractivity contribution in [1.29, 1.82) is 0 Å². The Morgan fingerprint density at radius 3 is 2.43 bits per heavy atom. The predicted molar refractivity (Wildman–Crippen MR) is 65.9 cm³/mol. The predicted octanol–water partition coefficient (Wildman–Crippen LogP) is 3.42. The maximum Gasteiger partial charge on any atom is 0.393 e. The van der Waals surface area contributed by atoms with Crippen molar-refractivity contribution in [1.82, 2.24) is 4.90 Å². The molecule has 0 spiro atoms. The number of carbonyl (C=O) groups excluding carboxylic acids is 1. The maximum atomic E-state index is 13.5. The number of rotatable bonds is 3. The topological polar surface area (TPSA) is 20.3 Å². The molecule has 1 aliphatic rings. The summed E-state index contributed by atoms with van der Waals surface area (Å²) >= 11 is 0. The van der Waals surface area contributed by atoms with E-state index in [1.807, 2.05) is 0 Å². The summed E-state index contributed by atoms with van der Waals surface area (Å²) in [4.78, 5) is 13.2. The van der Waals surface area contributed by atoms with Gasteiger partial charge in [-0.3, -0.25) is 9.69 Å². The Bertz CT molecular complexity index is 508. The number of hydrogen-bond acceptors (Lipinski definition) is 2. The van der Waals surface area contributed by atoms with Gasteiger partial charge in [0.15, 0.2) is 5.78 Å². The number of carbonyl (C=O) groups is 1. The Morgan fingerprint density at radius 1 is 1.24 bits per heavy atom. The molecule has 21 heavy (non-hydrogen) atoms. The molecule has 1 aliphatic heterocycles. The molecule has 0 amide bonds. The Hall–Kier alpha value is -1.50. The summed E-state index contributed by atoms with van der Waals surface area (Å²) in [7, 11) is 0. The smallest absolute Gasteiger partial charge is 0.295 e. The van der Waals surface area contributed by atoms with E-state index in [0.29, 0.717) is 13.0 Å². The van der Waals surface area contributed by atoms with Crippen molar-refractivity contribution in [3.05, 3.63) is 35.4 Å². The molecule has 1 heterocycles. The van der Waals surface area contributed by atoms with Crippen LogP contribution in [0.3, 0.4) is 0 Å². The second-order valence-electron chi connectivity index (χ2n) is 5.14. The second kappa shape index (κ2) is 6.09. The zero-order valence-corrected chi connectivity index (χ0v) is 11.1. The fourth-order valence-corrected chi connectivity index (χ4v) is 2.51. The molecule has 1 aromatic rings. The van der Waals surface area contributed by atoms with E-state index in [-0.39, 0.29) is 13.0 Å². The molecule has 7 heteroatoms. The Labute approximate surface area is 118 Å². The first-order valence-corrected chi connectivity index (χ1v) is 6.55. The third-order valence-electron chi connectivity index (χ3n) is 3.58. The third kappa shape index (κ3) is 3.78. The average molecular weight is 307 g/mol. The van der Waals surface area contributed by atoms with Gasteiger partial charge in [-0.1, -0.05) is 6.07 Å². The second-order valence-corrected chi connectivity index (χ2v) is 5.14. The molecule has 1 atom stereocenters. The largest absolute Gasteiger partial charge is 0.393 e. The normalized spacial score (nSPS) is 20.5. The molecule has 1 fully saturated rings. The summed E-state index contributed by atoms with van der Waals surface area (Å²) in [6.07, 6.45) is -4.00. The first-order valence-electron chi connectivity index (χ1n) is 6.55. The molecule has 0 N–H and O–H groups in total. The fraction of sp³-hybridized carbons (Fsp3) is 0.500. The summed E-state index contributed by atoms with van der Waals surface area (Å²) < 4.78 is 64.9. The van der Waals surface area contributed by atoms with Crippen LogP contribution in [0.1, 0.15) is 23.2 Å². The van der Waals surface area contributed by atoms with Crippen molar-refractivity contribution < 1.29 is 26.7 Å². The number of benzene rings is 1. The van der Waals surface area contributed by atoms with Crippen LogP contribution >= 0.6 is 0 Å². The monoisotopic (exact) mass is 307 g/mol. The lowest BCUT2D eigenvalue weighted by molar-refractivity contribution is -0.186. The van der Waals surface area contributed by atoms with E-state index < -0.39 is 41.6 Å². The fourth-order valence-electron chi connectivity index (χ4n) is 2.51. The van der Waals surface area contributed by atoms with E-state index in [2.05, 4.69) is 0 Å². The molecule has 0 radical (unpaired) electrons. The van der Waals surface area contributed by atoms with Gasteiger partial charge in [-0.05, 0) is 31.5 Å². The number of Topliss-reactive ketones (excluding diaryl/α,β-unsaturated/α-hetero) is 1. The highest BCUT2D eigenvalue weighted by Gasteiger charge is 2.42. The van der Waals surface area contributed by atoms with E-state index in [4.69, 9.17) is 0 Å². The minimum absolute atomic E-state index is 0.0161. The minimum atomic E-state index is -4.31. The lowest BCUT2D eigenvalue weighted by Crippen LogP contribution is -2.43. The molecule has 2 rings (SSSR count). The number of nitrogens with zero attached hydrogens (tertiary/aromatic N) is 1. The lowest BCUT2D eigenvalue weighted by Gasteiger charge is -2.33. The van der Waals surface area contributed by atoms with Crippen molar-refractivity contribution in [2.45, 2.75) is 19.0 Å². The lowest BCUT2D eigenvalue weighted by atomic mass is 9.97. The summed E-state index contributed by atoms with van der Waals surface area (Å²) in [5.41, 5.74) is -0.688. The van der Waals surface area contributed by atoms with Crippen molar-refractivity contribution in [3.8, 4) is 0 Å². The number of halogens is 5. The van der Waals surface area contributed by atoms with Gasteiger partial charge in [0.25, 0.3) is 0 Å². The summed E-state index contributed by atoms with van der Waals surface area (Å²) in [5, 5.41) is 0. The first-order chi connectivity index (χ1) is 9.79. The number of hydrogen-bond donors (Lipinski definition) is 0. The Morgan fingerprint density at radius 2 is 1.86 bits per heavy atom. The highest BCUT2D eigenvalue weighted by Crippen LogP contribution is 2.33. The standard InChI is InChI=1S/C14H14F5NO/c15-10-4-1-5-11(16)13(10)12(21)8-20-6-2-3-9(7-20)14(17,18)19/h1,4-5,9H,2-3,6-8H2. The van der Waals surface area contributed by atoms with Gasteiger partial charge in [0, 0.05) is 6.54 Å².